The molecule has 0 radical (unpaired) electrons. The molecule has 2 N–H and O–H groups in total. The van der Waals surface area contributed by atoms with Crippen molar-refractivity contribution in [2.75, 3.05) is 36.5 Å². The maximum Gasteiger partial charge on any atom is 0.257 e. The normalized spacial score (nSPS) is 10.2. The molecule has 0 spiro atoms. The Bertz CT molecular complexity index is 1040. The maximum atomic E-state index is 12.6. The summed E-state index contributed by atoms with van der Waals surface area (Å²) in [7, 11) is 0. The highest BCUT2D eigenvalue weighted by molar-refractivity contribution is 7.80. The summed E-state index contributed by atoms with van der Waals surface area (Å²) in [5.74, 6) is 1.07. The Hall–Kier alpha value is -3.58. The van der Waals surface area contributed by atoms with Crippen LogP contribution in [0.25, 0.3) is 0 Å². The summed E-state index contributed by atoms with van der Waals surface area (Å²) in [6, 6.07) is 24.5. The minimum Gasteiger partial charge on any atom is -0.490 e. The van der Waals surface area contributed by atoms with E-state index >= 15 is 0 Å². The number of benzene rings is 3. The van der Waals surface area contributed by atoms with E-state index in [-0.39, 0.29) is 11.0 Å². The van der Waals surface area contributed by atoms with Crippen LogP contribution in [0, 0.1) is 0 Å². The number of para-hydroxylation sites is 1. The van der Waals surface area contributed by atoms with Gasteiger partial charge in [0.1, 0.15) is 24.7 Å². The predicted molar refractivity (Wildman–Crippen MR) is 138 cm³/mol. The molecular weight excluding hydrogens is 434 g/mol. The Balaban J connectivity index is 1.48. The van der Waals surface area contributed by atoms with E-state index in [1.807, 2.05) is 54.6 Å². The molecule has 0 aliphatic carbocycles. The molecule has 0 bridgehead atoms. The van der Waals surface area contributed by atoms with E-state index in [0.29, 0.717) is 24.5 Å². The average molecular weight is 464 g/mol. The van der Waals surface area contributed by atoms with E-state index in [0.717, 1.165) is 30.2 Å². The van der Waals surface area contributed by atoms with Gasteiger partial charge in [0.05, 0.1) is 0 Å². The molecule has 3 rings (SSSR count). The minimum atomic E-state index is -0.307. The molecule has 0 unspecified atom stereocenters. The number of ether oxygens (including phenoxy) is 2. The lowest BCUT2D eigenvalue weighted by Crippen LogP contribution is -2.34. The van der Waals surface area contributed by atoms with Gasteiger partial charge in [0.15, 0.2) is 5.11 Å². The summed E-state index contributed by atoms with van der Waals surface area (Å²) in [6.45, 7) is 6.91. The van der Waals surface area contributed by atoms with Gasteiger partial charge >= 0.3 is 0 Å². The van der Waals surface area contributed by atoms with E-state index < -0.39 is 0 Å². The summed E-state index contributed by atoms with van der Waals surface area (Å²) in [5, 5.41) is 6.00. The second-order valence-corrected chi connectivity index (χ2v) is 7.57. The van der Waals surface area contributed by atoms with Crippen molar-refractivity contribution in [3.05, 3.63) is 84.4 Å². The van der Waals surface area contributed by atoms with E-state index in [1.165, 1.54) is 0 Å². The number of thiocarbonyl (C=S) groups is 1. The van der Waals surface area contributed by atoms with Crippen LogP contribution >= 0.6 is 12.2 Å². The highest BCUT2D eigenvalue weighted by atomic mass is 32.1. The zero-order valence-corrected chi connectivity index (χ0v) is 19.7. The van der Waals surface area contributed by atoms with Gasteiger partial charge in [0.2, 0.25) is 0 Å². The SMILES string of the molecule is CCN(CC)c1ccc(NC(=S)NC(=O)c2cccc(OCCOc3ccccc3)c2)cc1. The average Bonchev–Trinajstić information content (AvgIpc) is 2.84. The molecule has 0 atom stereocenters. The van der Waals surface area contributed by atoms with Crippen LogP contribution in [0.5, 0.6) is 11.5 Å². The van der Waals surface area contributed by atoms with Crippen molar-refractivity contribution in [3.8, 4) is 11.5 Å². The Morgan fingerprint density at radius 3 is 2.15 bits per heavy atom. The van der Waals surface area contributed by atoms with E-state index in [4.69, 9.17) is 21.7 Å². The van der Waals surface area contributed by atoms with E-state index in [2.05, 4.69) is 29.4 Å². The first kappa shape index (κ1) is 24.1. The fourth-order valence-electron chi connectivity index (χ4n) is 3.24. The molecule has 7 heteroatoms. The van der Waals surface area contributed by atoms with Gasteiger partial charge in [0, 0.05) is 30.0 Å². The first-order chi connectivity index (χ1) is 16.1. The maximum absolute atomic E-state index is 12.6. The third kappa shape index (κ3) is 7.50. The molecule has 6 nitrogen and oxygen atoms in total. The summed E-state index contributed by atoms with van der Waals surface area (Å²) >= 11 is 5.31. The summed E-state index contributed by atoms with van der Waals surface area (Å²) in [5.41, 5.74) is 2.41. The molecule has 0 saturated heterocycles. The Morgan fingerprint density at radius 2 is 1.48 bits per heavy atom. The molecule has 3 aromatic rings. The molecule has 172 valence electrons. The van der Waals surface area contributed by atoms with Crippen molar-refractivity contribution in [1.29, 1.82) is 0 Å². The lowest BCUT2D eigenvalue weighted by Gasteiger charge is -2.21. The summed E-state index contributed by atoms with van der Waals surface area (Å²) in [4.78, 5) is 14.9. The topological polar surface area (TPSA) is 62.8 Å². The molecule has 0 aliphatic rings. The second-order valence-electron chi connectivity index (χ2n) is 7.17. The number of carbonyl (C=O) groups is 1. The number of hydrogen-bond acceptors (Lipinski definition) is 5. The van der Waals surface area contributed by atoms with Gasteiger partial charge in [-0.3, -0.25) is 10.1 Å². The zero-order valence-electron chi connectivity index (χ0n) is 18.9. The molecular formula is C26H29N3O3S. The smallest absolute Gasteiger partial charge is 0.257 e. The number of carbonyl (C=O) groups excluding carboxylic acids is 1. The second kappa shape index (κ2) is 12.5. The zero-order chi connectivity index (χ0) is 23.5. The lowest BCUT2D eigenvalue weighted by molar-refractivity contribution is 0.0977. The molecule has 0 fully saturated rings. The predicted octanol–water partition coefficient (Wildman–Crippen LogP) is 5.12. The van der Waals surface area contributed by atoms with Crippen LogP contribution in [-0.2, 0) is 0 Å². The van der Waals surface area contributed by atoms with Gasteiger partial charge in [-0.15, -0.1) is 0 Å². The summed E-state index contributed by atoms with van der Waals surface area (Å²) < 4.78 is 11.3. The molecule has 33 heavy (non-hydrogen) atoms. The van der Waals surface area contributed by atoms with Crippen LogP contribution < -0.4 is 25.0 Å². The highest BCUT2D eigenvalue weighted by Gasteiger charge is 2.10. The number of nitrogens with one attached hydrogen (secondary N) is 2. The van der Waals surface area contributed by atoms with E-state index in [1.54, 1.807) is 24.3 Å². The van der Waals surface area contributed by atoms with Gasteiger partial charge in [-0.05, 0) is 80.7 Å². The van der Waals surface area contributed by atoms with Crippen LogP contribution in [0.1, 0.15) is 24.2 Å². The van der Waals surface area contributed by atoms with Crippen LogP contribution in [0.15, 0.2) is 78.9 Å². The van der Waals surface area contributed by atoms with Crippen LogP contribution in [0.3, 0.4) is 0 Å². The first-order valence-corrected chi connectivity index (χ1v) is 11.4. The number of amides is 1. The van der Waals surface area contributed by atoms with E-state index in [9.17, 15) is 4.79 Å². The fourth-order valence-corrected chi connectivity index (χ4v) is 3.46. The molecule has 0 aromatic heterocycles. The van der Waals surface area contributed by atoms with Gasteiger partial charge in [-0.25, -0.2) is 0 Å². The molecule has 0 aliphatic heterocycles. The van der Waals surface area contributed by atoms with Crippen LogP contribution in [0.2, 0.25) is 0 Å². The van der Waals surface area contributed by atoms with Crippen molar-refractivity contribution in [2.45, 2.75) is 13.8 Å². The molecule has 1 amide bonds. The van der Waals surface area contributed by atoms with Gasteiger partial charge in [-0.2, -0.15) is 0 Å². The Kier molecular flexibility index (Phi) is 9.08. The largest absolute Gasteiger partial charge is 0.490 e. The van der Waals surface area contributed by atoms with Crippen molar-refractivity contribution < 1.29 is 14.3 Å². The number of nitrogens with zero attached hydrogens (tertiary/aromatic N) is 1. The molecule has 0 saturated carbocycles. The Labute approximate surface area is 200 Å². The molecule has 3 aromatic carbocycles. The Morgan fingerprint density at radius 1 is 0.848 bits per heavy atom. The minimum absolute atomic E-state index is 0.234. The van der Waals surface area contributed by atoms with Crippen molar-refractivity contribution in [3.63, 3.8) is 0 Å². The van der Waals surface area contributed by atoms with Crippen LogP contribution in [-0.4, -0.2) is 37.3 Å². The van der Waals surface area contributed by atoms with Crippen LogP contribution in [0.4, 0.5) is 11.4 Å². The number of rotatable bonds is 10. The fraction of sp³-hybridized carbons (Fsp3) is 0.231. The number of hydrogen-bond donors (Lipinski definition) is 2. The molecule has 0 heterocycles. The standard InChI is InChI=1S/C26H29N3O3S/c1-3-29(4-2)22-15-13-21(14-16-22)27-26(33)28-25(30)20-9-8-12-24(19-20)32-18-17-31-23-10-6-5-7-11-23/h5-16,19H,3-4,17-18H2,1-2H3,(H2,27,28,30,33). The first-order valence-electron chi connectivity index (χ1n) is 11.0. The quantitative estimate of drug-likeness (QED) is 0.322. The van der Waals surface area contributed by atoms with Crippen molar-refractivity contribution in [1.82, 2.24) is 5.32 Å². The van der Waals surface area contributed by atoms with Gasteiger partial charge in [-0.1, -0.05) is 24.3 Å². The van der Waals surface area contributed by atoms with Gasteiger partial charge < -0.3 is 19.7 Å². The highest BCUT2D eigenvalue weighted by Crippen LogP contribution is 2.18. The number of anilines is 2. The van der Waals surface area contributed by atoms with Crippen molar-refractivity contribution in [2.24, 2.45) is 0 Å². The van der Waals surface area contributed by atoms with Crippen molar-refractivity contribution >= 4 is 34.6 Å². The monoisotopic (exact) mass is 463 g/mol. The summed E-state index contributed by atoms with van der Waals surface area (Å²) in [6.07, 6.45) is 0. The third-order valence-electron chi connectivity index (χ3n) is 4.94. The third-order valence-corrected chi connectivity index (χ3v) is 5.15. The lowest BCUT2D eigenvalue weighted by atomic mass is 10.2. The van der Waals surface area contributed by atoms with Gasteiger partial charge in [0.25, 0.3) is 5.91 Å².